The summed E-state index contributed by atoms with van der Waals surface area (Å²) in [5.41, 5.74) is 0. The van der Waals surface area contributed by atoms with E-state index in [4.69, 9.17) is 0 Å². The van der Waals surface area contributed by atoms with E-state index in [1.54, 1.807) is 0 Å². The Hall–Kier alpha value is 1.91. The monoisotopic (exact) mass is 415 g/mol. The maximum atomic E-state index is 4.14. The van der Waals surface area contributed by atoms with Crippen molar-refractivity contribution in [3.63, 3.8) is 0 Å². The van der Waals surface area contributed by atoms with E-state index in [1.165, 1.54) is 57.0 Å². The average molecular weight is 417 g/mol. The van der Waals surface area contributed by atoms with Gasteiger partial charge in [-0.3, -0.25) is 0 Å². The quantitative estimate of drug-likeness (QED) is 0.295. The second-order valence-electron chi connectivity index (χ2n) is 4.68. The molecule has 0 amide bonds. The number of hydrogen-bond donors (Lipinski definition) is 0. The second-order valence-corrected chi connectivity index (χ2v) is 22.9. The molecule has 0 saturated heterocycles. The first kappa shape index (κ1) is 20.2. The van der Waals surface area contributed by atoms with Crippen molar-refractivity contribution in [2.75, 3.05) is 18.5 Å². The zero-order valence-electron chi connectivity index (χ0n) is 10.9. The van der Waals surface area contributed by atoms with Gasteiger partial charge in [0.1, 0.15) is 0 Å². The number of hydrogen-bond acceptors (Lipinski definition) is 0. The summed E-state index contributed by atoms with van der Waals surface area (Å²) in [7, 11) is 0. The topological polar surface area (TPSA) is 0 Å². The largest absolute Gasteiger partial charge is 0 e. The van der Waals surface area contributed by atoms with E-state index in [2.05, 4.69) is 51.7 Å². The molecule has 0 fully saturated rings. The van der Waals surface area contributed by atoms with Gasteiger partial charge in [-0.2, -0.15) is 0 Å². The van der Waals surface area contributed by atoms with Gasteiger partial charge in [-0.15, -0.1) is 0 Å². The first-order valence-electron chi connectivity index (χ1n) is 6.41. The summed E-state index contributed by atoms with van der Waals surface area (Å²) in [5.74, 6) is 0. The van der Waals surface area contributed by atoms with Gasteiger partial charge < -0.3 is 0 Å². The average Bonchev–Trinajstić information content (AvgIpc) is 2.22. The summed E-state index contributed by atoms with van der Waals surface area (Å²) < 4.78 is -1.66. The molecule has 0 saturated carbocycles. The summed E-state index contributed by atoms with van der Waals surface area (Å²) in [6.07, 6.45) is 12.2. The Kier molecular flexibility index (Phi) is 12.4. The van der Waals surface area contributed by atoms with Crippen molar-refractivity contribution in [3.8, 4) is 0 Å². The van der Waals surface area contributed by atoms with Crippen LogP contribution in [-0.2, 0) is 17.1 Å². The summed E-state index contributed by atoms with van der Waals surface area (Å²) in [5, 5.41) is 0. The van der Waals surface area contributed by atoms with Crippen LogP contribution in [-0.4, -0.2) is 18.5 Å². The zero-order chi connectivity index (χ0) is 11.8. The molecule has 1 radical (unpaired) electrons. The van der Waals surface area contributed by atoms with Crippen LogP contribution in [0.2, 0.25) is 0 Å². The Morgan fingerprint density at radius 1 is 0.688 bits per heavy atom. The molecule has 0 spiro atoms. The summed E-state index contributed by atoms with van der Waals surface area (Å²) >= 11 is 8.28. The Bertz CT molecular complexity index is 146. The molecule has 0 atom stereocenters. The molecule has 4 heteroatoms. The molecule has 0 aromatic heterocycles. The van der Waals surface area contributed by atoms with E-state index in [0.717, 1.165) is 0 Å². The molecule has 0 heterocycles. The van der Waals surface area contributed by atoms with Crippen LogP contribution in [0.15, 0.2) is 0 Å². The van der Waals surface area contributed by atoms with E-state index in [-0.39, 0.29) is 17.1 Å². The van der Waals surface area contributed by atoms with Crippen LogP contribution < -0.4 is 0 Å². The third-order valence-corrected chi connectivity index (χ3v) is 13.2. The van der Waals surface area contributed by atoms with Gasteiger partial charge in [-0.05, 0) is 0 Å². The van der Waals surface area contributed by atoms with Crippen molar-refractivity contribution >= 4 is 35.0 Å². The Morgan fingerprint density at radius 2 is 0.938 bits per heavy atom. The predicted octanol–water partition coefficient (Wildman–Crippen LogP) is 6.56. The molecular formula is C12H27Br2MnP. The Labute approximate surface area is 129 Å². The second kappa shape index (κ2) is 9.79. The molecule has 0 unspecified atom stereocenters. The Morgan fingerprint density at radius 3 is 1.12 bits per heavy atom. The molecule has 0 aliphatic heterocycles. The van der Waals surface area contributed by atoms with Crippen LogP contribution in [0.3, 0.4) is 0 Å². The fourth-order valence-electron chi connectivity index (χ4n) is 1.84. The van der Waals surface area contributed by atoms with Crippen molar-refractivity contribution in [2.45, 2.75) is 59.3 Å². The van der Waals surface area contributed by atoms with Crippen molar-refractivity contribution in [2.24, 2.45) is 0 Å². The molecule has 0 aromatic rings. The van der Waals surface area contributed by atoms with E-state index in [9.17, 15) is 0 Å². The minimum atomic E-state index is -1.66. The smallest absolute Gasteiger partial charge is 0 e. The van der Waals surface area contributed by atoms with E-state index in [1.807, 2.05) is 0 Å². The molecule has 0 rings (SSSR count). The van der Waals surface area contributed by atoms with Gasteiger partial charge in [0.2, 0.25) is 0 Å². The molecule has 0 bridgehead atoms. The first-order valence-corrected chi connectivity index (χ1v) is 13.2. The third kappa shape index (κ3) is 8.92. The molecular weight excluding hydrogens is 390 g/mol. The van der Waals surface area contributed by atoms with E-state index < -0.39 is 4.01 Å². The first-order chi connectivity index (χ1) is 6.96. The fourth-order valence-corrected chi connectivity index (χ4v) is 10.0. The van der Waals surface area contributed by atoms with Gasteiger partial charge in [0, 0.05) is 17.1 Å². The summed E-state index contributed by atoms with van der Waals surface area (Å²) in [6, 6.07) is 0. The normalized spacial score (nSPS) is 13.9. The number of rotatable bonds is 9. The standard InChI is InChI=1S/C12H27Br2P.Mn/c1-4-7-10-15(13,14,11-8-5-2)12-9-6-3;/h4-12H2,1-3H3;. The van der Waals surface area contributed by atoms with Gasteiger partial charge in [-0.25, -0.2) is 0 Å². The number of halogens is 2. The Balaban J connectivity index is 0. The summed E-state index contributed by atoms with van der Waals surface area (Å²) in [4.78, 5) is 0. The molecule has 0 aliphatic carbocycles. The number of unbranched alkanes of at least 4 members (excludes halogenated alkanes) is 3. The van der Waals surface area contributed by atoms with Gasteiger partial charge in [0.05, 0.1) is 0 Å². The maximum absolute atomic E-state index is 4.14. The van der Waals surface area contributed by atoms with Crippen molar-refractivity contribution in [1.29, 1.82) is 0 Å². The molecule has 0 aliphatic rings. The molecule has 0 aromatic carbocycles. The van der Waals surface area contributed by atoms with Crippen LogP contribution in [0.4, 0.5) is 0 Å². The van der Waals surface area contributed by atoms with E-state index in [0.29, 0.717) is 0 Å². The van der Waals surface area contributed by atoms with Gasteiger partial charge in [-0.1, -0.05) is 0 Å². The van der Waals surface area contributed by atoms with E-state index >= 15 is 0 Å². The van der Waals surface area contributed by atoms with Crippen molar-refractivity contribution in [3.05, 3.63) is 0 Å². The van der Waals surface area contributed by atoms with Crippen molar-refractivity contribution in [1.82, 2.24) is 0 Å². The molecule has 0 N–H and O–H groups in total. The van der Waals surface area contributed by atoms with Crippen LogP contribution >= 0.6 is 35.0 Å². The van der Waals surface area contributed by atoms with Gasteiger partial charge in [0.25, 0.3) is 0 Å². The van der Waals surface area contributed by atoms with Crippen molar-refractivity contribution < 1.29 is 17.1 Å². The molecule has 101 valence electrons. The van der Waals surface area contributed by atoms with Gasteiger partial charge >= 0.3 is 113 Å². The maximum Gasteiger partial charge on any atom is 0 e. The summed E-state index contributed by atoms with van der Waals surface area (Å²) in [6.45, 7) is 6.86. The predicted molar refractivity (Wildman–Crippen MR) is 84.1 cm³/mol. The molecule has 16 heavy (non-hydrogen) atoms. The van der Waals surface area contributed by atoms with Crippen LogP contribution in [0, 0.1) is 0 Å². The van der Waals surface area contributed by atoms with Crippen LogP contribution in [0.1, 0.15) is 59.3 Å². The minimum absolute atomic E-state index is 0. The van der Waals surface area contributed by atoms with Crippen LogP contribution in [0.5, 0.6) is 0 Å². The SMILES string of the molecule is CCCCP(Br)(Br)(CCCC)CCCC.[Mn]. The minimum Gasteiger partial charge on any atom is 0 e. The third-order valence-electron chi connectivity index (χ3n) is 2.99. The fraction of sp³-hybridized carbons (Fsp3) is 1.00. The zero-order valence-corrected chi connectivity index (χ0v) is 16.2. The van der Waals surface area contributed by atoms with Gasteiger partial charge in [0.15, 0.2) is 0 Å². The van der Waals surface area contributed by atoms with Crippen LogP contribution in [0.25, 0.3) is 0 Å². The molecule has 0 nitrogen and oxygen atoms in total.